The van der Waals surface area contributed by atoms with Crippen molar-refractivity contribution >= 4 is 23.1 Å². The second-order valence-electron chi connectivity index (χ2n) is 3.62. The summed E-state index contributed by atoms with van der Waals surface area (Å²) in [5.41, 5.74) is 4.12. The number of amidine groups is 1. The topological polar surface area (TPSA) is 49.2 Å². The van der Waals surface area contributed by atoms with E-state index in [0.29, 0.717) is 0 Å². The van der Waals surface area contributed by atoms with E-state index < -0.39 is 0 Å². The zero-order chi connectivity index (χ0) is 11.7. The standard InChI is InChI=1S/C11H12N4OS/c1-16-9-5-3-2-4-8(9)10-13-14-11-15(10)12-6-7-17-11/h2-6,10,13H,7H2,1H3. The molecule has 3 rings (SSSR count). The van der Waals surface area contributed by atoms with Gasteiger partial charge in [0.05, 0.1) is 7.11 Å². The molecule has 0 aromatic heterocycles. The molecule has 0 radical (unpaired) electrons. The van der Waals surface area contributed by atoms with Crippen LogP contribution in [0, 0.1) is 0 Å². The molecule has 2 aliphatic heterocycles. The highest BCUT2D eigenvalue weighted by molar-refractivity contribution is 8.14. The Kier molecular flexibility index (Phi) is 2.64. The molecule has 0 bridgehead atoms. The fourth-order valence-electron chi connectivity index (χ4n) is 1.87. The van der Waals surface area contributed by atoms with Gasteiger partial charge < -0.3 is 4.74 Å². The molecule has 0 amide bonds. The van der Waals surface area contributed by atoms with Gasteiger partial charge in [0.15, 0.2) is 6.17 Å². The van der Waals surface area contributed by atoms with Gasteiger partial charge in [-0.2, -0.15) is 10.2 Å². The van der Waals surface area contributed by atoms with Gasteiger partial charge >= 0.3 is 0 Å². The van der Waals surface area contributed by atoms with E-state index in [1.165, 1.54) is 0 Å². The molecule has 5 nitrogen and oxygen atoms in total. The van der Waals surface area contributed by atoms with Crippen LogP contribution >= 0.6 is 11.8 Å². The quantitative estimate of drug-likeness (QED) is 0.863. The predicted octanol–water partition coefficient (Wildman–Crippen LogP) is 1.60. The summed E-state index contributed by atoms with van der Waals surface area (Å²) in [5, 5.41) is 11.4. The molecule has 2 heterocycles. The van der Waals surface area contributed by atoms with Crippen molar-refractivity contribution in [2.24, 2.45) is 10.2 Å². The Morgan fingerprint density at radius 2 is 2.35 bits per heavy atom. The molecule has 17 heavy (non-hydrogen) atoms. The Hall–Kier alpha value is -1.69. The van der Waals surface area contributed by atoms with E-state index in [1.54, 1.807) is 18.9 Å². The SMILES string of the molecule is COc1ccccc1C1NN=C2SCC=NN21. The highest BCUT2D eigenvalue weighted by atomic mass is 32.2. The molecule has 0 saturated heterocycles. The Balaban J connectivity index is 1.95. The van der Waals surface area contributed by atoms with E-state index >= 15 is 0 Å². The number of nitrogens with zero attached hydrogens (tertiary/aromatic N) is 3. The van der Waals surface area contributed by atoms with Crippen LogP contribution in [0.25, 0.3) is 0 Å². The van der Waals surface area contributed by atoms with Crippen molar-refractivity contribution < 1.29 is 4.74 Å². The number of methoxy groups -OCH3 is 1. The number of hydrazone groups is 2. The van der Waals surface area contributed by atoms with Gasteiger partial charge in [-0.05, 0) is 6.07 Å². The Morgan fingerprint density at radius 3 is 3.24 bits per heavy atom. The molecule has 0 fully saturated rings. The minimum Gasteiger partial charge on any atom is -0.496 e. The zero-order valence-electron chi connectivity index (χ0n) is 9.33. The van der Waals surface area contributed by atoms with Crippen LogP contribution in [0.5, 0.6) is 5.75 Å². The molecule has 1 aromatic carbocycles. The summed E-state index contributed by atoms with van der Waals surface area (Å²) in [6, 6.07) is 7.89. The zero-order valence-corrected chi connectivity index (χ0v) is 10.1. The molecular formula is C11H12N4OS. The number of hydrogen-bond donors (Lipinski definition) is 1. The lowest BCUT2D eigenvalue weighted by atomic mass is 10.1. The van der Waals surface area contributed by atoms with Crippen LogP contribution in [0.4, 0.5) is 0 Å². The van der Waals surface area contributed by atoms with E-state index in [9.17, 15) is 0 Å². The van der Waals surface area contributed by atoms with E-state index in [1.807, 2.05) is 35.5 Å². The lowest BCUT2D eigenvalue weighted by Crippen LogP contribution is -2.30. The molecule has 1 unspecified atom stereocenters. The lowest BCUT2D eigenvalue weighted by molar-refractivity contribution is 0.309. The highest BCUT2D eigenvalue weighted by Crippen LogP contribution is 2.33. The van der Waals surface area contributed by atoms with Gasteiger partial charge in [0.1, 0.15) is 5.75 Å². The van der Waals surface area contributed by atoms with Crippen LogP contribution in [0.2, 0.25) is 0 Å². The first kappa shape index (κ1) is 10.5. The van der Waals surface area contributed by atoms with Crippen molar-refractivity contribution in [2.75, 3.05) is 12.9 Å². The second-order valence-corrected chi connectivity index (χ2v) is 4.61. The van der Waals surface area contributed by atoms with Gasteiger partial charge in [0, 0.05) is 17.5 Å². The first-order valence-corrected chi connectivity index (χ1v) is 6.29. The molecule has 2 aliphatic rings. The minimum atomic E-state index is -0.0785. The van der Waals surface area contributed by atoms with Crippen LogP contribution in [0.15, 0.2) is 34.5 Å². The number of fused-ring (bicyclic) bond motifs is 1. The Labute approximate surface area is 104 Å². The monoisotopic (exact) mass is 248 g/mol. The molecule has 0 spiro atoms. The number of thioether (sulfide) groups is 1. The van der Waals surface area contributed by atoms with Crippen LogP contribution in [-0.4, -0.2) is 29.3 Å². The third-order valence-electron chi connectivity index (χ3n) is 2.65. The summed E-state index contributed by atoms with van der Waals surface area (Å²) in [7, 11) is 1.67. The molecule has 1 N–H and O–H groups in total. The molecular weight excluding hydrogens is 236 g/mol. The number of nitrogens with one attached hydrogen (secondary N) is 1. The number of para-hydroxylation sites is 1. The fourth-order valence-corrected chi connectivity index (χ4v) is 2.57. The van der Waals surface area contributed by atoms with Crippen molar-refractivity contribution in [2.45, 2.75) is 6.17 Å². The number of rotatable bonds is 2. The van der Waals surface area contributed by atoms with Gasteiger partial charge in [0.2, 0.25) is 5.17 Å². The van der Waals surface area contributed by atoms with Crippen LogP contribution in [0.3, 0.4) is 0 Å². The van der Waals surface area contributed by atoms with E-state index in [2.05, 4.69) is 15.6 Å². The fraction of sp³-hybridized carbons (Fsp3) is 0.273. The molecule has 88 valence electrons. The Bertz CT molecular complexity index is 488. The minimum absolute atomic E-state index is 0.0785. The van der Waals surface area contributed by atoms with Crippen molar-refractivity contribution in [3.8, 4) is 5.75 Å². The highest BCUT2D eigenvalue weighted by Gasteiger charge is 2.32. The molecule has 0 saturated carbocycles. The normalized spacial score (nSPS) is 21.8. The second kappa shape index (κ2) is 4.29. The smallest absolute Gasteiger partial charge is 0.206 e. The maximum Gasteiger partial charge on any atom is 0.206 e. The van der Waals surface area contributed by atoms with Gasteiger partial charge in [0.25, 0.3) is 0 Å². The van der Waals surface area contributed by atoms with E-state index in [0.717, 1.165) is 22.2 Å². The maximum atomic E-state index is 5.36. The number of benzene rings is 1. The van der Waals surface area contributed by atoms with Gasteiger partial charge in [-0.25, -0.2) is 5.01 Å². The maximum absolute atomic E-state index is 5.36. The van der Waals surface area contributed by atoms with Gasteiger partial charge in [-0.1, -0.05) is 30.0 Å². The summed E-state index contributed by atoms with van der Waals surface area (Å²) >= 11 is 1.67. The number of hydrogen-bond acceptors (Lipinski definition) is 6. The van der Waals surface area contributed by atoms with Crippen LogP contribution < -0.4 is 10.2 Å². The average Bonchev–Trinajstić information content (AvgIpc) is 2.82. The van der Waals surface area contributed by atoms with Gasteiger partial charge in [-0.15, -0.1) is 0 Å². The van der Waals surface area contributed by atoms with Crippen molar-refractivity contribution in [1.82, 2.24) is 10.4 Å². The van der Waals surface area contributed by atoms with E-state index in [-0.39, 0.29) is 6.17 Å². The van der Waals surface area contributed by atoms with E-state index in [4.69, 9.17) is 4.74 Å². The Morgan fingerprint density at radius 1 is 1.47 bits per heavy atom. The third kappa shape index (κ3) is 1.74. The summed E-state index contributed by atoms with van der Waals surface area (Å²) < 4.78 is 5.36. The molecule has 6 heteroatoms. The average molecular weight is 248 g/mol. The van der Waals surface area contributed by atoms with Crippen molar-refractivity contribution in [3.05, 3.63) is 29.8 Å². The molecule has 1 atom stereocenters. The third-order valence-corrected chi connectivity index (χ3v) is 3.50. The molecule has 0 aliphatic carbocycles. The van der Waals surface area contributed by atoms with Crippen LogP contribution in [0.1, 0.15) is 11.7 Å². The summed E-state index contributed by atoms with van der Waals surface area (Å²) in [6.45, 7) is 0. The number of ether oxygens (including phenoxy) is 1. The van der Waals surface area contributed by atoms with Crippen molar-refractivity contribution in [3.63, 3.8) is 0 Å². The first-order chi connectivity index (χ1) is 8.40. The van der Waals surface area contributed by atoms with Gasteiger partial charge in [-0.3, -0.25) is 5.43 Å². The largest absolute Gasteiger partial charge is 0.496 e. The summed E-state index contributed by atoms with van der Waals surface area (Å²) in [6.07, 6.45) is 1.81. The lowest BCUT2D eigenvalue weighted by Gasteiger charge is -2.24. The summed E-state index contributed by atoms with van der Waals surface area (Å²) in [4.78, 5) is 0. The summed E-state index contributed by atoms with van der Waals surface area (Å²) in [5.74, 6) is 1.71. The molecule has 1 aromatic rings. The predicted molar refractivity (Wildman–Crippen MR) is 69.1 cm³/mol. The first-order valence-electron chi connectivity index (χ1n) is 5.31. The van der Waals surface area contributed by atoms with Crippen molar-refractivity contribution in [1.29, 1.82) is 0 Å². The van der Waals surface area contributed by atoms with Crippen LogP contribution in [-0.2, 0) is 0 Å².